The highest BCUT2D eigenvalue weighted by Gasteiger charge is 2.31. The first kappa shape index (κ1) is 22.6. The predicted molar refractivity (Wildman–Crippen MR) is 118 cm³/mol. The maximum Gasteiger partial charge on any atom is 0.408 e. The summed E-state index contributed by atoms with van der Waals surface area (Å²) in [4.78, 5) is 23.1. The molecule has 1 aliphatic rings. The number of alkyl halides is 1. The van der Waals surface area contributed by atoms with E-state index in [1.165, 1.54) is 0 Å². The normalized spacial score (nSPS) is 20.1. The molecule has 2 atom stereocenters. The molecular formula is C22H28BrFN4O2. The highest BCUT2D eigenvalue weighted by atomic mass is 79.9. The second-order valence-corrected chi connectivity index (χ2v) is 9.48. The van der Waals surface area contributed by atoms with Crippen LogP contribution in [0, 0.1) is 6.92 Å². The molecule has 0 saturated carbocycles. The standard InChI is InChI=1S/C22H28BrFN4O2/c1-14-5-6-16(11-25-14)18-9-15(10-20(23)26-18)12-28-8-7-17(24)19(13-28)27-21(29)30-22(2,3)4/h5-6,9-11,17,19H,7-8,12-13H2,1-4H3,(H,27,29)/t17-,19-/m1/s1. The zero-order valence-corrected chi connectivity index (χ0v) is 19.4. The van der Waals surface area contributed by atoms with Gasteiger partial charge in [-0.05, 0) is 79.9 Å². The summed E-state index contributed by atoms with van der Waals surface area (Å²) in [6.45, 7) is 8.97. The third-order valence-corrected chi connectivity index (χ3v) is 5.19. The van der Waals surface area contributed by atoms with Crippen molar-refractivity contribution < 1.29 is 13.9 Å². The molecule has 1 aliphatic heterocycles. The van der Waals surface area contributed by atoms with Crippen LogP contribution in [0.5, 0.6) is 0 Å². The van der Waals surface area contributed by atoms with Crippen LogP contribution in [-0.4, -0.2) is 51.9 Å². The van der Waals surface area contributed by atoms with Gasteiger partial charge < -0.3 is 10.1 Å². The monoisotopic (exact) mass is 478 g/mol. The molecule has 162 valence electrons. The number of carbonyl (C=O) groups is 1. The van der Waals surface area contributed by atoms with Crippen LogP contribution in [0.25, 0.3) is 11.3 Å². The molecule has 8 heteroatoms. The number of amides is 1. The van der Waals surface area contributed by atoms with Crippen molar-refractivity contribution in [1.29, 1.82) is 0 Å². The zero-order chi connectivity index (χ0) is 21.9. The zero-order valence-electron chi connectivity index (χ0n) is 17.8. The number of aryl methyl sites for hydroxylation is 1. The molecule has 1 saturated heterocycles. The van der Waals surface area contributed by atoms with E-state index in [0.29, 0.717) is 26.1 Å². The fourth-order valence-electron chi connectivity index (χ4n) is 3.40. The maximum absolute atomic E-state index is 14.4. The number of halogens is 2. The van der Waals surface area contributed by atoms with Gasteiger partial charge in [-0.3, -0.25) is 9.88 Å². The molecule has 0 unspecified atom stereocenters. The minimum atomic E-state index is -1.09. The minimum absolute atomic E-state index is 0.363. The summed E-state index contributed by atoms with van der Waals surface area (Å²) >= 11 is 3.49. The number of hydrogen-bond acceptors (Lipinski definition) is 5. The Morgan fingerprint density at radius 1 is 1.37 bits per heavy atom. The number of likely N-dealkylation sites (tertiary alicyclic amines) is 1. The molecule has 1 fully saturated rings. The quantitative estimate of drug-likeness (QED) is 0.647. The number of ether oxygens (including phenoxy) is 1. The fourth-order valence-corrected chi connectivity index (χ4v) is 3.88. The van der Waals surface area contributed by atoms with Crippen molar-refractivity contribution in [2.45, 2.75) is 58.5 Å². The molecular weight excluding hydrogens is 451 g/mol. The number of alkyl carbamates (subject to hydrolysis) is 1. The number of aromatic nitrogens is 2. The summed E-state index contributed by atoms with van der Waals surface area (Å²) in [6.07, 6.45) is 0.495. The smallest absolute Gasteiger partial charge is 0.408 e. The first-order valence-corrected chi connectivity index (χ1v) is 10.8. The summed E-state index contributed by atoms with van der Waals surface area (Å²) in [5, 5.41) is 2.69. The van der Waals surface area contributed by atoms with Gasteiger partial charge in [-0.15, -0.1) is 0 Å². The fraction of sp³-hybridized carbons (Fsp3) is 0.500. The maximum atomic E-state index is 14.4. The molecule has 30 heavy (non-hydrogen) atoms. The number of hydrogen-bond donors (Lipinski definition) is 1. The van der Waals surface area contributed by atoms with Gasteiger partial charge in [0.1, 0.15) is 16.4 Å². The first-order chi connectivity index (χ1) is 14.1. The Morgan fingerprint density at radius 2 is 2.13 bits per heavy atom. The number of nitrogens with zero attached hydrogens (tertiary/aromatic N) is 3. The summed E-state index contributed by atoms with van der Waals surface area (Å²) in [6, 6.07) is 7.34. The van der Waals surface area contributed by atoms with Gasteiger partial charge in [-0.2, -0.15) is 0 Å². The number of pyridine rings is 2. The molecule has 0 bridgehead atoms. The van der Waals surface area contributed by atoms with E-state index in [2.05, 4.69) is 36.1 Å². The van der Waals surface area contributed by atoms with Crippen LogP contribution in [0.4, 0.5) is 9.18 Å². The molecule has 0 aromatic carbocycles. The van der Waals surface area contributed by atoms with E-state index in [9.17, 15) is 9.18 Å². The average Bonchev–Trinajstić information content (AvgIpc) is 2.63. The average molecular weight is 479 g/mol. The van der Waals surface area contributed by atoms with Crippen molar-refractivity contribution in [2.75, 3.05) is 13.1 Å². The molecule has 3 heterocycles. The predicted octanol–water partition coefficient (Wildman–Crippen LogP) is 4.65. The van der Waals surface area contributed by atoms with Gasteiger partial charge in [0.05, 0.1) is 11.7 Å². The molecule has 1 amide bonds. The first-order valence-electron chi connectivity index (χ1n) is 10.0. The third-order valence-electron chi connectivity index (χ3n) is 4.78. The van der Waals surface area contributed by atoms with Crippen molar-refractivity contribution in [3.05, 3.63) is 46.3 Å². The molecule has 1 N–H and O–H groups in total. The lowest BCUT2D eigenvalue weighted by Crippen LogP contribution is -2.54. The van der Waals surface area contributed by atoms with Crippen LogP contribution >= 0.6 is 15.9 Å². The third kappa shape index (κ3) is 6.47. The van der Waals surface area contributed by atoms with Crippen LogP contribution in [0.15, 0.2) is 35.1 Å². The van der Waals surface area contributed by atoms with Gasteiger partial charge >= 0.3 is 6.09 Å². The summed E-state index contributed by atoms with van der Waals surface area (Å²) in [7, 11) is 0. The SMILES string of the molecule is Cc1ccc(-c2cc(CN3CC[C@@H](F)[C@H](NC(=O)OC(C)(C)C)C3)cc(Br)n2)cn1. The molecule has 2 aromatic rings. The number of rotatable bonds is 4. The minimum Gasteiger partial charge on any atom is -0.444 e. The summed E-state index contributed by atoms with van der Waals surface area (Å²) < 4.78 is 20.4. The number of piperidine rings is 1. The molecule has 2 aromatic heterocycles. The van der Waals surface area contributed by atoms with Gasteiger partial charge in [0.25, 0.3) is 0 Å². The van der Waals surface area contributed by atoms with E-state index in [1.54, 1.807) is 20.8 Å². The van der Waals surface area contributed by atoms with Crippen LogP contribution in [0.1, 0.15) is 38.4 Å². The van der Waals surface area contributed by atoms with E-state index in [-0.39, 0.29) is 0 Å². The molecule has 0 spiro atoms. The van der Waals surface area contributed by atoms with Gasteiger partial charge in [0.2, 0.25) is 0 Å². The van der Waals surface area contributed by atoms with E-state index in [1.807, 2.05) is 37.4 Å². The van der Waals surface area contributed by atoms with E-state index < -0.39 is 23.9 Å². The molecule has 0 radical (unpaired) electrons. The van der Waals surface area contributed by atoms with E-state index >= 15 is 0 Å². The Morgan fingerprint density at radius 3 is 2.80 bits per heavy atom. The van der Waals surface area contributed by atoms with Crippen LogP contribution in [0.3, 0.4) is 0 Å². The van der Waals surface area contributed by atoms with Crippen LogP contribution < -0.4 is 5.32 Å². The highest BCUT2D eigenvalue weighted by molar-refractivity contribution is 9.10. The second-order valence-electron chi connectivity index (χ2n) is 8.66. The lowest BCUT2D eigenvalue weighted by molar-refractivity contribution is 0.0389. The van der Waals surface area contributed by atoms with Crippen LogP contribution in [0.2, 0.25) is 0 Å². The Hall–Kier alpha value is -2.06. The van der Waals surface area contributed by atoms with Gasteiger partial charge in [-0.25, -0.2) is 14.2 Å². The van der Waals surface area contributed by atoms with Gasteiger partial charge in [-0.1, -0.05) is 0 Å². The molecule has 6 nitrogen and oxygen atoms in total. The molecule has 3 rings (SSSR count). The Bertz CT molecular complexity index is 886. The van der Waals surface area contributed by atoms with Gasteiger partial charge in [0, 0.05) is 37.1 Å². The van der Waals surface area contributed by atoms with E-state index in [4.69, 9.17) is 4.74 Å². The summed E-state index contributed by atoms with van der Waals surface area (Å²) in [5.41, 5.74) is 3.16. The van der Waals surface area contributed by atoms with Crippen molar-refractivity contribution in [3.8, 4) is 11.3 Å². The highest BCUT2D eigenvalue weighted by Crippen LogP contribution is 2.24. The van der Waals surface area contributed by atoms with Crippen molar-refractivity contribution >= 4 is 22.0 Å². The van der Waals surface area contributed by atoms with Crippen molar-refractivity contribution in [2.24, 2.45) is 0 Å². The Kier molecular flexibility index (Phi) is 7.08. The lowest BCUT2D eigenvalue weighted by Gasteiger charge is -2.35. The Balaban J connectivity index is 1.68. The molecule has 0 aliphatic carbocycles. The summed E-state index contributed by atoms with van der Waals surface area (Å²) in [5.74, 6) is 0. The largest absolute Gasteiger partial charge is 0.444 e. The second kappa shape index (κ2) is 9.39. The topological polar surface area (TPSA) is 67.4 Å². The van der Waals surface area contributed by atoms with Gasteiger partial charge in [0.15, 0.2) is 0 Å². The van der Waals surface area contributed by atoms with Crippen molar-refractivity contribution in [3.63, 3.8) is 0 Å². The van der Waals surface area contributed by atoms with Crippen molar-refractivity contribution in [1.82, 2.24) is 20.2 Å². The number of carbonyl (C=O) groups excluding carboxylic acids is 1. The lowest BCUT2D eigenvalue weighted by atomic mass is 10.0. The van der Waals surface area contributed by atoms with Crippen LogP contribution in [-0.2, 0) is 11.3 Å². The number of nitrogens with one attached hydrogen (secondary N) is 1. The van der Waals surface area contributed by atoms with E-state index in [0.717, 1.165) is 27.1 Å². The Labute approximate surface area is 185 Å².